The molecule has 12 heavy (non-hydrogen) atoms. The zero-order valence-electron chi connectivity index (χ0n) is 7.79. The maximum Gasteiger partial charge on any atom is 0.166 e. The summed E-state index contributed by atoms with van der Waals surface area (Å²) < 4.78 is 1.68. The van der Waals surface area contributed by atoms with Gasteiger partial charge in [0.1, 0.15) is 0 Å². The van der Waals surface area contributed by atoms with E-state index in [-0.39, 0.29) is 5.78 Å². The minimum absolute atomic E-state index is 0.197. The summed E-state index contributed by atoms with van der Waals surface area (Å²) in [6, 6.07) is 0. The van der Waals surface area contributed by atoms with Crippen molar-refractivity contribution >= 4 is 5.78 Å². The molecule has 0 aliphatic carbocycles. The summed E-state index contributed by atoms with van der Waals surface area (Å²) in [5.41, 5.74) is 1.59. The lowest BCUT2D eigenvalue weighted by Crippen LogP contribution is -1.98. The number of carbonyl (C=O) groups excluding carboxylic acids is 1. The van der Waals surface area contributed by atoms with Crippen molar-refractivity contribution in [1.82, 2.24) is 9.78 Å². The molecule has 1 rings (SSSR count). The molecule has 0 spiro atoms. The van der Waals surface area contributed by atoms with Crippen molar-refractivity contribution in [3.63, 3.8) is 0 Å². The molecule has 0 amide bonds. The van der Waals surface area contributed by atoms with E-state index in [1.54, 1.807) is 10.9 Å². The first-order chi connectivity index (χ1) is 5.65. The Morgan fingerprint density at radius 2 is 2.33 bits per heavy atom. The molecular weight excluding hydrogens is 152 g/mol. The molecule has 3 heteroatoms. The van der Waals surface area contributed by atoms with Crippen LogP contribution in [0.5, 0.6) is 0 Å². The van der Waals surface area contributed by atoms with Gasteiger partial charge < -0.3 is 0 Å². The fraction of sp³-hybridized carbons (Fsp3) is 0.556. The van der Waals surface area contributed by atoms with Gasteiger partial charge in [0, 0.05) is 19.7 Å². The van der Waals surface area contributed by atoms with Gasteiger partial charge in [-0.1, -0.05) is 6.92 Å². The molecule has 0 aliphatic rings. The summed E-state index contributed by atoms with van der Waals surface area (Å²) in [6.45, 7) is 3.87. The van der Waals surface area contributed by atoms with Crippen molar-refractivity contribution in [2.24, 2.45) is 7.05 Å². The lowest BCUT2D eigenvalue weighted by atomic mass is 10.1. The molecule has 0 unspecified atom stereocenters. The molecule has 66 valence electrons. The first kappa shape index (κ1) is 8.97. The first-order valence-electron chi connectivity index (χ1n) is 4.18. The van der Waals surface area contributed by atoms with Crippen LogP contribution in [0, 0.1) is 6.92 Å². The Morgan fingerprint density at radius 3 is 2.75 bits per heavy atom. The number of aryl methyl sites for hydroxylation is 2. The van der Waals surface area contributed by atoms with E-state index in [2.05, 4.69) is 5.10 Å². The van der Waals surface area contributed by atoms with Crippen LogP contribution in [-0.4, -0.2) is 15.6 Å². The molecule has 0 bridgehead atoms. The first-order valence-corrected chi connectivity index (χ1v) is 4.18. The molecule has 0 aliphatic heterocycles. The van der Waals surface area contributed by atoms with Gasteiger partial charge in [0.15, 0.2) is 5.78 Å². The average molecular weight is 166 g/mol. The Morgan fingerprint density at radius 1 is 1.67 bits per heavy atom. The molecule has 0 aromatic carbocycles. The standard InChI is InChI=1S/C9H14N2O/c1-4-5-9(12)8-6-11(3)10-7(8)2/h6H,4-5H2,1-3H3. The lowest BCUT2D eigenvalue weighted by molar-refractivity contribution is 0.0981. The van der Waals surface area contributed by atoms with E-state index in [9.17, 15) is 4.79 Å². The third kappa shape index (κ3) is 1.72. The summed E-state index contributed by atoms with van der Waals surface area (Å²) in [6.07, 6.45) is 3.30. The highest BCUT2D eigenvalue weighted by atomic mass is 16.1. The number of nitrogens with zero attached hydrogens (tertiary/aromatic N) is 2. The van der Waals surface area contributed by atoms with Crippen LogP contribution >= 0.6 is 0 Å². The smallest absolute Gasteiger partial charge is 0.166 e. The second-order valence-electron chi connectivity index (χ2n) is 2.98. The van der Waals surface area contributed by atoms with E-state index in [1.807, 2.05) is 20.9 Å². The van der Waals surface area contributed by atoms with Gasteiger partial charge in [0.05, 0.1) is 11.3 Å². The number of carbonyl (C=O) groups is 1. The van der Waals surface area contributed by atoms with Crippen molar-refractivity contribution < 1.29 is 4.79 Å². The van der Waals surface area contributed by atoms with Crippen LogP contribution in [0.2, 0.25) is 0 Å². The summed E-state index contributed by atoms with van der Waals surface area (Å²) in [5.74, 6) is 0.197. The molecule has 0 saturated heterocycles. The van der Waals surface area contributed by atoms with Crippen molar-refractivity contribution in [1.29, 1.82) is 0 Å². The highest BCUT2D eigenvalue weighted by Crippen LogP contribution is 2.08. The topological polar surface area (TPSA) is 34.9 Å². The predicted molar refractivity (Wildman–Crippen MR) is 47.2 cm³/mol. The van der Waals surface area contributed by atoms with Crippen LogP contribution in [0.4, 0.5) is 0 Å². The van der Waals surface area contributed by atoms with Gasteiger partial charge in [-0.3, -0.25) is 9.48 Å². The number of hydrogen-bond donors (Lipinski definition) is 0. The Kier molecular flexibility index (Phi) is 2.63. The van der Waals surface area contributed by atoms with E-state index < -0.39 is 0 Å². The summed E-state index contributed by atoms with van der Waals surface area (Å²) in [7, 11) is 1.83. The van der Waals surface area contributed by atoms with Gasteiger partial charge in [-0.2, -0.15) is 5.10 Å². The molecule has 1 aromatic heterocycles. The van der Waals surface area contributed by atoms with Gasteiger partial charge in [0.2, 0.25) is 0 Å². The minimum atomic E-state index is 0.197. The molecule has 0 radical (unpaired) electrons. The number of aromatic nitrogens is 2. The SMILES string of the molecule is CCCC(=O)c1cn(C)nc1C. The molecule has 1 aromatic rings. The van der Waals surface area contributed by atoms with Crippen LogP contribution in [0.25, 0.3) is 0 Å². The monoisotopic (exact) mass is 166 g/mol. The van der Waals surface area contributed by atoms with Crippen LogP contribution < -0.4 is 0 Å². The second kappa shape index (κ2) is 3.52. The summed E-state index contributed by atoms with van der Waals surface area (Å²) >= 11 is 0. The van der Waals surface area contributed by atoms with Gasteiger partial charge in [-0.15, -0.1) is 0 Å². The Hall–Kier alpha value is -1.12. The van der Waals surface area contributed by atoms with E-state index in [1.165, 1.54) is 0 Å². The van der Waals surface area contributed by atoms with Crippen LogP contribution in [-0.2, 0) is 7.05 Å². The minimum Gasteiger partial charge on any atom is -0.294 e. The van der Waals surface area contributed by atoms with Gasteiger partial charge in [0.25, 0.3) is 0 Å². The van der Waals surface area contributed by atoms with E-state index in [0.717, 1.165) is 17.7 Å². The van der Waals surface area contributed by atoms with Crippen molar-refractivity contribution in [3.8, 4) is 0 Å². The molecule has 0 fully saturated rings. The quantitative estimate of drug-likeness (QED) is 0.641. The maximum atomic E-state index is 11.4. The Bertz CT molecular complexity index is 289. The van der Waals surface area contributed by atoms with Gasteiger partial charge in [-0.25, -0.2) is 0 Å². The second-order valence-corrected chi connectivity index (χ2v) is 2.98. The number of Topliss-reactive ketones (excluding diaryl/α,β-unsaturated/α-hetero) is 1. The molecule has 1 heterocycles. The van der Waals surface area contributed by atoms with Crippen molar-refractivity contribution in [2.45, 2.75) is 26.7 Å². The number of rotatable bonds is 3. The zero-order valence-corrected chi connectivity index (χ0v) is 7.79. The predicted octanol–water partition coefficient (Wildman–Crippen LogP) is 1.71. The molecule has 0 N–H and O–H groups in total. The Labute approximate surface area is 72.4 Å². The van der Waals surface area contributed by atoms with Crippen LogP contribution in [0.1, 0.15) is 35.8 Å². The third-order valence-electron chi connectivity index (χ3n) is 1.79. The normalized spacial score (nSPS) is 10.2. The van der Waals surface area contributed by atoms with Gasteiger partial charge >= 0.3 is 0 Å². The highest BCUT2D eigenvalue weighted by molar-refractivity contribution is 5.96. The van der Waals surface area contributed by atoms with Crippen molar-refractivity contribution in [3.05, 3.63) is 17.5 Å². The molecular formula is C9H14N2O. The fourth-order valence-corrected chi connectivity index (χ4v) is 1.24. The largest absolute Gasteiger partial charge is 0.294 e. The molecule has 0 atom stereocenters. The van der Waals surface area contributed by atoms with Crippen molar-refractivity contribution in [2.75, 3.05) is 0 Å². The molecule has 3 nitrogen and oxygen atoms in total. The van der Waals surface area contributed by atoms with E-state index >= 15 is 0 Å². The number of hydrogen-bond acceptors (Lipinski definition) is 2. The average Bonchev–Trinajstić information content (AvgIpc) is 2.30. The fourth-order valence-electron chi connectivity index (χ4n) is 1.24. The summed E-state index contributed by atoms with van der Waals surface area (Å²) in [5, 5.41) is 4.11. The zero-order chi connectivity index (χ0) is 9.14. The number of ketones is 1. The third-order valence-corrected chi connectivity index (χ3v) is 1.79. The maximum absolute atomic E-state index is 11.4. The van der Waals surface area contributed by atoms with E-state index in [0.29, 0.717) is 6.42 Å². The van der Waals surface area contributed by atoms with E-state index in [4.69, 9.17) is 0 Å². The van der Waals surface area contributed by atoms with Crippen LogP contribution in [0.3, 0.4) is 0 Å². The van der Waals surface area contributed by atoms with Gasteiger partial charge in [-0.05, 0) is 13.3 Å². The molecule has 0 saturated carbocycles. The summed E-state index contributed by atoms with van der Waals surface area (Å²) in [4.78, 5) is 11.4. The van der Waals surface area contributed by atoms with Crippen LogP contribution in [0.15, 0.2) is 6.20 Å². The lowest BCUT2D eigenvalue weighted by Gasteiger charge is -1.93. The Balaban J connectivity index is 2.87. The highest BCUT2D eigenvalue weighted by Gasteiger charge is 2.10.